The van der Waals surface area contributed by atoms with Crippen LogP contribution in [0.25, 0.3) is 17.1 Å². The van der Waals surface area contributed by atoms with Gasteiger partial charge in [-0.1, -0.05) is 30.8 Å². The minimum absolute atomic E-state index is 0.972. The summed E-state index contributed by atoms with van der Waals surface area (Å²) in [7, 11) is 0. The summed E-state index contributed by atoms with van der Waals surface area (Å²) in [6, 6.07) is 12.1. The standard InChI is InChI=1S/C9H7N.C6H8N2/c1-2-6-9-8(4-1)5-3-7-10-9;1-3-8-5-4-7-6(8)2/h1-7H;3-5H,1H2,2H3. The van der Waals surface area contributed by atoms with Crippen LogP contribution >= 0.6 is 0 Å². The van der Waals surface area contributed by atoms with E-state index in [0.717, 1.165) is 11.3 Å². The summed E-state index contributed by atoms with van der Waals surface area (Å²) in [6.45, 7) is 5.52. The van der Waals surface area contributed by atoms with Gasteiger partial charge in [0.15, 0.2) is 0 Å². The molecular formula is C15H15N3. The number of fused-ring (bicyclic) bond motifs is 1. The van der Waals surface area contributed by atoms with Crippen LogP contribution in [-0.4, -0.2) is 14.5 Å². The van der Waals surface area contributed by atoms with Gasteiger partial charge in [0.1, 0.15) is 5.82 Å². The predicted molar refractivity (Wildman–Crippen MR) is 75.1 cm³/mol. The molecule has 3 nitrogen and oxygen atoms in total. The molecule has 1 aromatic carbocycles. The molecule has 3 aromatic rings. The number of imidazole rings is 1. The maximum Gasteiger partial charge on any atom is 0.109 e. The number of nitrogens with zero attached hydrogens (tertiary/aromatic N) is 3. The van der Waals surface area contributed by atoms with E-state index >= 15 is 0 Å². The zero-order valence-corrected chi connectivity index (χ0v) is 10.3. The molecule has 0 saturated carbocycles. The second-order valence-corrected chi connectivity index (χ2v) is 3.76. The normalized spacial score (nSPS) is 9.61. The minimum Gasteiger partial charge on any atom is -0.311 e. The Bertz CT molecular complexity index is 575. The lowest BCUT2D eigenvalue weighted by Crippen LogP contribution is -1.84. The molecule has 0 aliphatic carbocycles. The third kappa shape index (κ3) is 2.83. The first-order chi connectivity index (χ1) is 8.81. The van der Waals surface area contributed by atoms with E-state index in [1.165, 1.54) is 5.39 Å². The molecule has 0 atom stereocenters. The summed E-state index contributed by atoms with van der Waals surface area (Å²) >= 11 is 0. The number of hydrogen-bond acceptors (Lipinski definition) is 2. The molecule has 2 aromatic heterocycles. The van der Waals surface area contributed by atoms with Gasteiger partial charge in [0.25, 0.3) is 0 Å². The minimum atomic E-state index is 0.972. The van der Waals surface area contributed by atoms with Crippen molar-refractivity contribution in [3.8, 4) is 0 Å². The maximum atomic E-state index is 4.18. The summed E-state index contributed by atoms with van der Waals surface area (Å²) in [5, 5.41) is 1.20. The fourth-order valence-corrected chi connectivity index (χ4v) is 1.60. The van der Waals surface area contributed by atoms with Crippen LogP contribution in [0.5, 0.6) is 0 Å². The highest BCUT2D eigenvalue weighted by Gasteiger charge is 1.87. The Hall–Kier alpha value is -2.42. The van der Waals surface area contributed by atoms with Crippen LogP contribution in [0.2, 0.25) is 0 Å². The quantitative estimate of drug-likeness (QED) is 0.648. The summed E-state index contributed by atoms with van der Waals surface area (Å²) in [4.78, 5) is 8.16. The van der Waals surface area contributed by atoms with Crippen molar-refractivity contribution in [2.24, 2.45) is 0 Å². The van der Waals surface area contributed by atoms with E-state index < -0.39 is 0 Å². The molecule has 0 bridgehead atoms. The molecule has 0 N–H and O–H groups in total. The average molecular weight is 237 g/mol. The first-order valence-electron chi connectivity index (χ1n) is 5.73. The number of para-hydroxylation sites is 1. The first kappa shape index (κ1) is 12.0. The number of pyridine rings is 1. The molecule has 0 radical (unpaired) electrons. The molecule has 2 heterocycles. The summed E-state index contributed by atoms with van der Waals surface area (Å²) in [5.41, 5.74) is 1.06. The van der Waals surface area contributed by atoms with E-state index in [4.69, 9.17) is 0 Å². The number of aromatic nitrogens is 3. The van der Waals surface area contributed by atoms with Gasteiger partial charge in [0, 0.05) is 30.2 Å². The van der Waals surface area contributed by atoms with E-state index in [9.17, 15) is 0 Å². The number of aryl methyl sites for hydroxylation is 1. The Kier molecular flexibility index (Phi) is 3.86. The van der Waals surface area contributed by atoms with E-state index in [0.29, 0.717) is 0 Å². The van der Waals surface area contributed by atoms with Crippen molar-refractivity contribution in [3.05, 3.63) is 67.4 Å². The van der Waals surface area contributed by atoms with Crippen LogP contribution in [0.1, 0.15) is 5.82 Å². The second-order valence-electron chi connectivity index (χ2n) is 3.76. The summed E-state index contributed by atoms with van der Waals surface area (Å²) in [5.74, 6) is 0.972. The third-order valence-corrected chi connectivity index (χ3v) is 2.57. The number of benzene rings is 1. The van der Waals surface area contributed by atoms with Crippen molar-refractivity contribution in [3.63, 3.8) is 0 Å². The van der Waals surface area contributed by atoms with Crippen LogP contribution in [0.4, 0.5) is 0 Å². The Morgan fingerprint density at radius 1 is 1.06 bits per heavy atom. The van der Waals surface area contributed by atoms with Crippen LogP contribution in [0.15, 0.2) is 61.6 Å². The zero-order valence-electron chi connectivity index (χ0n) is 10.3. The van der Waals surface area contributed by atoms with E-state index in [1.807, 2.05) is 48.1 Å². The topological polar surface area (TPSA) is 30.7 Å². The van der Waals surface area contributed by atoms with E-state index in [1.54, 1.807) is 12.4 Å². The second kappa shape index (κ2) is 5.77. The molecule has 0 saturated heterocycles. The smallest absolute Gasteiger partial charge is 0.109 e. The van der Waals surface area contributed by atoms with Gasteiger partial charge in [0.05, 0.1) is 5.52 Å². The lowest BCUT2D eigenvalue weighted by Gasteiger charge is -1.91. The van der Waals surface area contributed by atoms with Crippen LogP contribution in [-0.2, 0) is 0 Å². The maximum absolute atomic E-state index is 4.18. The zero-order chi connectivity index (χ0) is 12.8. The summed E-state index contributed by atoms with van der Waals surface area (Å²) < 4.78 is 1.86. The van der Waals surface area contributed by atoms with E-state index in [-0.39, 0.29) is 0 Å². The van der Waals surface area contributed by atoms with Crippen molar-refractivity contribution in [2.45, 2.75) is 6.92 Å². The van der Waals surface area contributed by atoms with Crippen molar-refractivity contribution in [2.75, 3.05) is 0 Å². The number of rotatable bonds is 1. The van der Waals surface area contributed by atoms with Gasteiger partial charge in [0.2, 0.25) is 0 Å². The first-order valence-corrected chi connectivity index (χ1v) is 5.73. The Labute approximate surface area is 106 Å². The third-order valence-electron chi connectivity index (χ3n) is 2.57. The molecule has 0 fully saturated rings. The monoisotopic (exact) mass is 237 g/mol. The van der Waals surface area contributed by atoms with Gasteiger partial charge in [-0.2, -0.15) is 0 Å². The SMILES string of the molecule is C=Cn1ccnc1C.c1ccc2ncccc2c1. The Morgan fingerprint density at radius 3 is 2.44 bits per heavy atom. The molecule has 3 rings (SSSR count). The largest absolute Gasteiger partial charge is 0.311 e. The molecule has 0 aliphatic heterocycles. The van der Waals surface area contributed by atoms with Gasteiger partial charge in [-0.15, -0.1) is 0 Å². The van der Waals surface area contributed by atoms with Crippen LogP contribution in [0.3, 0.4) is 0 Å². The van der Waals surface area contributed by atoms with Crippen molar-refractivity contribution in [1.29, 1.82) is 0 Å². The van der Waals surface area contributed by atoms with Crippen molar-refractivity contribution in [1.82, 2.24) is 14.5 Å². The Balaban J connectivity index is 0.000000138. The highest BCUT2D eigenvalue weighted by Crippen LogP contribution is 2.07. The highest BCUT2D eigenvalue weighted by molar-refractivity contribution is 5.77. The Morgan fingerprint density at radius 2 is 1.83 bits per heavy atom. The summed E-state index contributed by atoms with van der Waals surface area (Å²) in [6.07, 6.45) is 7.14. The van der Waals surface area contributed by atoms with E-state index in [2.05, 4.69) is 28.7 Å². The van der Waals surface area contributed by atoms with Gasteiger partial charge in [-0.3, -0.25) is 4.98 Å². The fraction of sp³-hybridized carbons (Fsp3) is 0.0667. The fourth-order valence-electron chi connectivity index (χ4n) is 1.60. The van der Waals surface area contributed by atoms with Gasteiger partial charge < -0.3 is 4.57 Å². The van der Waals surface area contributed by atoms with Crippen molar-refractivity contribution >= 4 is 17.1 Å². The average Bonchev–Trinajstić information content (AvgIpc) is 2.85. The van der Waals surface area contributed by atoms with Crippen molar-refractivity contribution < 1.29 is 0 Å². The molecular weight excluding hydrogens is 222 g/mol. The van der Waals surface area contributed by atoms with Crippen LogP contribution in [0, 0.1) is 6.92 Å². The van der Waals surface area contributed by atoms with Gasteiger partial charge in [-0.25, -0.2) is 4.98 Å². The lowest BCUT2D eigenvalue weighted by atomic mass is 10.2. The molecule has 0 amide bonds. The molecule has 0 aliphatic rings. The number of hydrogen-bond donors (Lipinski definition) is 0. The lowest BCUT2D eigenvalue weighted by molar-refractivity contribution is 1.03. The highest BCUT2D eigenvalue weighted by atomic mass is 15.0. The molecule has 3 heteroatoms. The molecule has 0 unspecified atom stereocenters. The molecule has 90 valence electrons. The van der Waals surface area contributed by atoms with Gasteiger partial charge in [-0.05, 0) is 19.1 Å². The van der Waals surface area contributed by atoms with Gasteiger partial charge >= 0.3 is 0 Å². The molecule has 0 spiro atoms. The predicted octanol–water partition coefficient (Wildman–Crippen LogP) is 3.53. The molecule has 18 heavy (non-hydrogen) atoms. The van der Waals surface area contributed by atoms with Crippen LogP contribution < -0.4 is 0 Å².